The van der Waals surface area contributed by atoms with E-state index in [4.69, 9.17) is 27.8 Å². The fourth-order valence-electron chi connectivity index (χ4n) is 5.57. The van der Waals surface area contributed by atoms with Crippen molar-refractivity contribution in [1.29, 1.82) is 0 Å². The predicted octanol–water partition coefficient (Wildman–Crippen LogP) is 5.48. The van der Waals surface area contributed by atoms with Gasteiger partial charge in [-0.3, -0.25) is 4.79 Å². The van der Waals surface area contributed by atoms with Crippen molar-refractivity contribution >= 4 is 17.9 Å². The highest BCUT2D eigenvalue weighted by Crippen LogP contribution is 2.52. The Labute approximate surface area is 208 Å². The minimum atomic E-state index is -0.776. The molecule has 1 heterocycles. The number of hydrogen-bond donors (Lipinski definition) is 2. The van der Waals surface area contributed by atoms with Crippen LogP contribution in [0.3, 0.4) is 0 Å². The quantitative estimate of drug-likeness (QED) is 0.335. The van der Waals surface area contributed by atoms with Crippen molar-refractivity contribution in [2.24, 2.45) is 11.5 Å². The summed E-state index contributed by atoms with van der Waals surface area (Å²) in [6.45, 7) is 0.550. The highest BCUT2D eigenvalue weighted by Gasteiger charge is 2.43. The molecule has 0 saturated carbocycles. The van der Waals surface area contributed by atoms with Crippen molar-refractivity contribution in [2.45, 2.75) is 50.2 Å². The molecule has 2 aliphatic rings. The van der Waals surface area contributed by atoms with Gasteiger partial charge in [0.05, 0.1) is 5.02 Å². The van der Waals surface area contributed by atoms with Crippen LogP contribution in [-0.4, -0.2) is 18.9 Å². The zero-order chi connectivity index (χ0) is 24.7. The van der Waals surface area contributed by atoms with Crippen molar-refractivity contribution in [3.8, 4) is 16.9 Å². The first-order valence-corrected chi connectivity index (χ1v) is 12.3. The van der Waals surface area contributed by atoms with Crippen LogP contribution in [-0.2, 0) is 24.9 Å². The maximum atomic E-state index is 16.0. The Bertz CT molecular complexity index is 1300. The highest BCUT2D eigenvalue weighted by atomic mass is 35.5. The van der Waals surface area contributed by atoms with E-state index in [2.05, 4.69) is 0 Å². The molecule has 3 aromatic carbocycles. The summed E-state index contributed by atoms with van der Waals surface area (Å²) in [4.78, 5) is 12.1. The van der Waals surface area contributed by atoms with Crippen molar-refractivity contribution in [1.82, 2.24) is 0 Å². The van der Waals surface area contributed by atoms with Crippen LogP contribution in [0.2, 0.25) is 5.02 Å². The van der Waals surface area contributed by atoms with E-state index in [0.717, 1.165) is 18.4 Å². The van der Waals surface area contributed by atoms with Crippen molar-refractivity contribution in [3.05, 3.63) is 86.9 Å². The molecule has 35 heavy (non-hydrogen) atoms. The molecule has 2 atom stereocenters. The Kier molecular flexibility index (Phi) is 6.38. The average Bonchev–Trinajstić information content (AvgIpc) is 3.42. The molecule has 0 saturated heterocycles. The number of halogens is 3. The summed E-state index contributed by atoms with van der Waals surface area (Å²) < 4.78 is 37.6. The Balaban J connectivity index is 1.70. The van der Waals surface area contributed by atoms with Crippen LogP contribution in [0, 0.1) is 11.6 Å². The summed E-state index contributed by atoms with van der Waals surface area (Å²) in [5, 5.41) is -0.220. The van der Waals surface area contributed by atoms with Gasteiger partial charge >= 0.3 is 0 Å². The molecule has 182 valence electrons. The number of nitrogens with two attached hydrogens (primary N) is 2. The molecule has 1 aliphatic heterocycles. The molecule has 0 amide bonds. The maximum Gasteiger partial charge on any atom is 0.150 e. The average molecular weight is 497 g/mol. The van der Waals surface area contributed by atoms with Gasteiger partial charge in [0.25, 0.3) is 0 Å². The second-order valence-electron chi connectivity index (χ2n) is 9.49. The molecule has 3 aromatic rings. The van der Waals surface area contributed by atoms with Gasteiger partial charge < -0.3 is 16.2 Å². The zero-order valence-electron chi connectivity index (χ0n) is 19.3. The number of fused-ring (bicyclic) bond motifs is 2. The van der Waals surface area contributed by atoms with Gasteiger partial charge in [0.2, 0.25) is 0 Å². The summed E-state index contributed by atoms with van der Waals surface area (Å²) in [7, 11) is 0. The van der Waals surface area contributed by atoms with E-state index in [1.807, 2.05) is 30.3 Å². The molecular weight excluding hydrogens is 470 g/mol. The van der Waals surface area contributed by atoms with Gasteiger partial charge in [0.15, 0.2) is 6.29 Å². The molecular formula is C28H27ClF2N2O2. The molecule has 1 aliphatic carbocycles. The van der Waals surface area contributed by atoms with E-state index in [9.17, 15) is 4.79 Å². The zero-order valence-corrected chi connectivity index (χ0v) is 20.0. The van der Waals surface area contributed by atoms with E-state index in [1.54, 1.807) is 6.07 Å². The number of aldehydes is 1. The summed E-state index contributed by atoms with van der Waals surface area (Å²) in [6, 6.07) is 12.4. The lowest BCUT2D eigenvalue weighted by Crippen LogP contribution is -2.31. The van der Waals surface area contributed by atoms with Gasteiger partial charge in [0.1, 0.15) is 23.0 Å². The number of benzene rings is 3. The van der Waals surface area contributed by atoms with Crippen LogP contribution >= 0.6 is 11.6 Å². The van der Waals surface area contributed by atoms with Crippen molar-refractivity contribution in [2.75, 3.05) is 6.54 Å². The van der Waals surface area contributed by atoms with Gasteiger partial charge in [-0.15, -0.1) is 0 Å². The molecule has 7 heteroatoms. The van der Waals surface area contributed by atoms with Crippen molar-refractivity contribution in [3.63, 3.8) is 0 Å². The largest absolute Gasteiger partial charge is 0.482 e. The SMILES string of the molecule is NCCCCC1(c2ccccc2)Cc2c(cc(F)c(Cl)c2-c2c(C=O)cc3c(c2F)CC(N)C3)O1. The third kappa shape index (κ3) is 4.03. The van der Waals surface area contributed by atoms with E-state index in [0.29, 0.717) is 61.0 Å². The Morgan fingerprint density at radius 2 is 1.86 bits per heavy atom. The van der Waals surface area contributed by atoms with Gasteiger partial charge in [-0.25, -0.2) is 8.78 Å². The monoisotopic (exact) mass is 496 g/mol. The lowest BCUT2D eigenvalue weighted by atomic mass is 9.82. The smallest absolute Gasteiger partial charge is 0.150 e. The van der Waals surface area contributed by atoms with Crippen LogP contribution in [0.15, 0.2) is 42.5 Å². The second-order valence-corrected chi connectivity index (χ2v) is 9.87. The summed E-state index contributed by atoms with van der Waals surface area (Å²) in [5.74, 6) is -0.973. The number of unbranched alkanes of at least 4 members (excludes halogenated alkanes) is 1. The molecule has 0 bridgehead atoms. The van der Waals surface area contributed by atoms with E-state index in [-0.39, 0.29) is 27.8 Å². The molecule has 4 nitrogen and oxygen atoms in total. The first-order valence-electron chi connectivity index (χ1n) is 11.9. The first kappa shape index (κ1) is 23.9. The summed E-state index contributed by atoms with van der Waals surface area (Å²) in [6.07, 6.45) is 4.05. The Morgan fingerprint density at radius 1 is 1.09 bits per heavy atom. The van der Waals surface area contributed by atoms with Gasteiger partial charge in [-0.2, -0.15) is 0 Å². The highest BCUT2D eigenvalue weighted by molar-refractivity contribution is 6.34. The van der Waals surface area contributed by atoms with Crippen LogP contribution in [0.1, 0.15) is 51.9 Å². The summed E-state index contributed by atoms with van der Waals surface area (Å²) in [5.41, 5.74) is 14.1. The predicted molar refractivity (Wildman–Crippen MR) is 133 cm³/mol. The van der Waals surface area contributed by atoms with Crippen LogP contribution in [0.4, 0.5) is 8.78 Å². The molecule has 0 aromatic heterocycles. The Hall–Kier alpha value is -2.80. The van der Waals surface area contributed by atoms with Crippen LogP contribution in [0.25, 0.3) is 11.1 Å². The Morgan fingerprint density at radius 3 is 2.57 bits per heavy atom. The topological polar surface area (TPSA) is 78.3 Å². The third-order valence-corrected chi connectivity index (χ3v) is 7.57. The molecule has 0 radical (unpaired) electrons. The van der Waals surface area contributed by atoms with Gasteiger partial charge in [-0.1, -0.05) is 41.9 Å². The lowest BCUT2D eigenvalue weighted by Gasteiger charge is -2.29. The number of ether oxygens (including phenoxy) is 1. The van der Waals surface area contributed by atoms with E-state index in [1.165, 1.54) is 6.07 Å². The fraction of sp³-hybridized carbons (Fsp3) is 0.321. The number of carbonyl (C=O) groups excluding carboxylic acids is 1. The summed E-state index contributed by atoms with van der Waals surface area (Å²) >= 11 is 6.50. The fourth-order valence-corrected chi connectivity index (χ4v) is 5.84. The van der Waals surface area contributed by atoms with Crippen LogP contribution < -0.4 is 16.2 Å². The standard InChI is InChI=1S/C28H27ClF2N2O2/c29-26-22(30)13-23-21(14-28(35-23,8-4-5-9-32)18-6-2-1-3-7-18)25(26)24-17(15-34)10-16-11-19(33)12-20(16)27(24)31/h1-3,6-7,10,13,15,19H,4-5,8-9,11-12,14,32-33H2. The number of hydrogen-bond acceptors (Lipinski definition) is 4. The third-order valence-electron chi connectivity index (χ3n) is 7.20. The molecule has 5 rings (SSSR count). The van der Waals surface area contributed by atoms with E-state index >= 15 is 8.78 Å². The minimum Gasteiger partial charge on any atom is -0.482 e. The van der Waals surface area contributed by atoms with E-state index < -0.39 is 17.2 Å². The van der Waals surface area contributed by atoms with Gasteiger partial charge in [0, 0.05) is 40.8 Å². The minimum absolute atomic E-state index is 0.0167. The normalized spacial score (nSPS) is 20.4. The molecule has 2 unspecified atom stereocenters. The van der Waals surface area contributed by atoms with Gasteiger partial charge in [-0.05, 0) is 61.4 Å². The second kappa shape index (κ2) is 9.34. The number of rotatable bonds is 7. The first-order chi connectivity index (χ1) is 16.9. The van der Waals surface area contributed by atoms with Crippen LogP contribution in [0.5, 0.6) is 5.75 Å². The molecule has 0 spiro atoms. The maximum absolute atomic E-state index is 16.0. The molecule has 0 fully saturated rings. The van der Waals surface area contributed by atoms with Crippen molar-refractivity contribution < 1.29 is 18.3 Å². The number of carbonyl (C=O) groups is 1. The lowest BCUT2D eigenvalue weighted by molar-refractivity contribution is 0.0793. The molecule has 4 N–H and O–H groups in total.